The second-order valence-electron chi connectivity index (χ2n) is 5.23. The average Bonchev–Trinajstić information content (AvgIpc) is 2.67. The molecule has 0 amide bonds. The van der Waals surface area contributed by atoms with Crippen LogP contribution in [0.15, 0.2) is 29.4 Å². The van der Waals surface area contributed by atoms with Crippen molar-refractivity contribution in [3.05, 3.63) is 29.8 Å². The summed E-state index contributed by atoms with van der Waals surface area (Å²) in [6.07, 6.45) is 4.16. The number of benzene rings is 1. The fourth-order valence-electron chi connectivity index (χ4n) is 3.09. The summed E-state index contributed by atoms with van der Waals surface area (Å²) in [4.78, 5) is 2.44. The highest BCUT2D eigenvalue weighted by atomic mass is 16.5. The molecule has 2 aliphatic heterocycles. The molecule has 4 nitrogen and oxygen atoms in total. The van der Waals surface area contributed by atoms with Crippen molar-refractivity contribution in [2.75, 3.05) is 24.7 Å². The number of anilines is 1. The Kier molecular flexibility index (Phi) is 3.69. The lowest BCUT2D eigenvalue weighted by Crippen LogP contribution is -2.41. The Bertz CT molecular complexity index is 467. The molecular weight excluding hydrogens is 240 g/mol. The number of ether oxygens (including phenoxy) is 1. The number of oxime groups is 1. The predicted octanol–water partition coefficient (Wildman–Crippen LogP) is 2.64. The molecule has 19 heavy (non-hydrogen) atoms. The van der Waals surface area contributed by atoms with Crippen LogP contribution in [0.2, 0.25) is 0 Å². The minimum absolute atomic E-state index is 0.452. The molecule has 0 bridgehead atoms. The molecule has 0 radical (unpaired) electrons. The van der Waals surface area contributed by atoms with E-state index in [9.17, 15) is 5.21 Å². The first kappa shape index (κ1) is 12.5. The van der Waals surface area contributed by atoms with Gasteiger partial charge >= 0.3 is 0 Å². The van der Waals surface area contributed by atoms with Gasteiger partial charge in [-0.1, -0.05) is 23.4 Å². The SMILES string of the molecule is O/N=C1/CCCN(C2CCCOC2)c2ccccc21. The van der Waals surface area contributed by atoms with Gasteiger partial charge in [0.15, 0.2) is 0 Å². The van der Waals surface area contributed by atoms with Crippen LogP contribution in [0.3, 0.4) is 0 Å². The van der Waals surface area contributed by atoms with Crippen LogP contribution in [0.25, 0.3) is 0 Å². The molecule has 0 saturated carbocycles. The van der Waals surface area contributed by atoms with Crippen molar-refractivity contribution in [3.8, 4) is 0 Å². The van der Waals surface area contributed by atoms with Gasteiger partial charge in [-0.15, -0.1) is 0 Å². The highest BCUT2D eigenvalue weighted by molar-refractivity contribution is 6.05. The lowest BCUT2D eigenvalue weighted by atomic mass is 10.0. The predicted molar refractivity (Wildman–Crippen MR) is 75.2 cm³/mol. The van der Waals surface area contributed by atoms with Crippen LogP contribution in [0.1, 0.15) is 31.2 Å². The van der Waals surface area contributed by atoms with Crippen LogP contribution in [-0.2, 0) is 4.74 Å². The minimum atomic E-state index is 0.452. The van der Waals surface area contributed by atoms with Gasteiger partial charge in [-0.3, -0.25) is 0 Å². The Hall–Kier alpha value is -1.55. The van der Waals surface area contributed by atoms with E-state index in [1.165, 1.54) is 12.1 Å². The van der Waals surface area contributed by atoms with Crippen LogP contribution in [-0.4, -0.2) is 36.7 Å². The maximum atomic E-state index is 9.20. The molecule has 4 heteroatoms. The van der Waals surface area contributed by atoms with Gasteiger partial charge in [-0.25, -0.2) is 0 Å². The maximum Gasteiger partial charge on any atom is 0.0889 e. The lowest BCUT2D eigenvalue weighted by Gasteiger charge is -2.36. The number of hydrogen-bond donors (Lipinski definition) is 1. The zero-order valence-electron chi connectivity index (χ0n) is 11.1. The topological polar surface area (TPSA) is 45.1 Å². The van der Waals surface area contributed by atoms with Crippen molar-refractivity contribution in [2.24, 2.45) is 5.16 Å². The quantitative estimate of drug-likeness (QED) is 0.623. The largest absolute Gasteiger partial charge is 0.411 e. The second kappa shape index (κ2) is 5.61. The van der Waals surface area contributed by atoms with E-state index in [2.05, 4.69) is 22.2 Å². The van der Waals surface area contributed by atoms with E-state index >= 15 is 0 Å². The van der Waals surface area contributed by atoms with E-state index in [1.807, 2.05) is 12.1 Å². The normalized spacial score (nSPS) is 26.0. The summed E-state index contributed by atoms with van der Waals surface area (Å²) < 4.78 is 5.62. The zero-order chi connectivity index (χ0) is 13.1. The summed E-state index contributed by atoms with van der Waals surface area (Å²) in [6.45, 7) is 2.69. The van der Waals surface area contributed by atoms with Crippen molar-refractivity contribution >= 4 is 11.4 Å². The summed E-state index contributed by atoms with van der Waals surface area (Å²) in [6, 6.07) is 8.68. The van der Waals surface area contributed by atoms with Gasteiger partial charge in [0.1, 0.15) is 0 Å². The van der Waals surface area contributed by atoms with E-state index in [4.69, 9.17) is 4.74 Å². The molecule has 1 saturated heterocycles. The fraction of sp³-hybridized carbons (Fsp3) is 0.533. The molecule has 0 spiro atoms. The van der Waals surface area contributed by atoms with E-state index in [0.717, 1.165) is 50.3 Å². The third-order valence-corrected chi connectivity index (χ3v) is 4.03. The molecule has 2 aliphatic rings. The van der Waals surface area contributed by atoms with E-state index in [0.29, 0.717) is 6.04 Å². The number of hydrogen-bond acceptors (Lipinski definition) is 4. The van der Waals surface area contributed by atoms with Crippen molar-refractivity contribution in [1.82, 2.24) is 0 Å². The molecule has 2 heterocycles. The molecule has 1 aromatic rings. The number of para-hydroxylation sites is 1. The first-order valence-electron chi connectivity index (χ1n) is 7.05. The summed E-state index contributed by atoms with van der Waals surface area (Å²) in [5, 5.41) is 12.7. The summed E-state index contributed by atoms with van der Waals surface area (Å²) >= 11 is 0. The Balaban J connectivity index is 1.96. The second-order valence-corrected chi connectivity index (χ2v) is 5.23. The lowest BCUT2D eigenvalue weighted by molar-refractivity contribution is 0.0792. The van der Waals surface area contributed by atoms with Gasteiger partial charge in [-0.2, -0.15) is 0 Å². The molecule has 1 N–H and O–H groups in total. The van der Waals surface area contributed by atoms with Crippen molar-refractivity contribution in [2.45, 2.75) is 31.7 Å². The maximum absolute atomic E-state index is 9.20. The third-order valence-electron chi connectivity index (χ3n) is 4.03. The standard InChI is InChI=1S/C15H20N2O2/c18-16-14-7-3-9-17(12-5-4-10-19-11-12)15-8-2-1-6-13(14)15/h1-2,6,8,12,18H,3-5,7,9-11H2/b16-14-. The Labute approximate surface area is 113 Å². The summed E-state index contributed by atoms with van der Waals surface area (Å²) in [7, 11) is 0. The Morgan fingerprint density at radius 1 is 1.26 bits per heavy atom. The van der Waals surface area contributed by atoms with E-state index in [1.54, 1.807) is 0 Å². The number of rotatable bonds is 1. The van der Waals surface area contributed by atoms with Crippen LogP contribution in [0, 0.1) is 0 Å². The monoisotopic (exact) mass is 260 g/mol. The fourth-order valence-corrected chi connectivity index (χ4v) is 3.09. The average molecular weight is 260 g/mol. The summed E-state index contributed by atoms with van der Waals surface area (Å²) in [5.41, 5.74) is 3.05. The molecule has 0 aromatic heterocycles. The molecule has 3 rings (SSSR count). The summed E-state index contributed by atoms with van der Waals surface area (Å²) in [5.74, 6) is 0. The molecule has 1 unspecified atom stereocenters. The molecule has 102 valence electrons. The highest BCUT2D eigenvalue weighted by Gasteiger charge is 2.26. The number of fused-ring (bicyclic) bond motifs is 1. The van der Waals surface area contributed by atoms with E-state index < -0.39 is 0 Å². The van der Waals surface area contributed by atoms with Crippen LogP contribution in [0.5, 0.6) is 0 Å². The van der Waals surface area contributed by atoms with E-state index in [-0.39, 0.29) is 0 Å². The first-order valence-corrected chi connectivity index (χ1v) is 7.05. The van der Waals surface area contributed by atoms with Gasteiger partial charge in [-0.05, 0) is 31.7 Å². The number of nitrogens with zero attached hydrogens (tertiary/aromatic N) is 2. The van der Waals surface area contributed by atoms with Crippen molar-refractivity contribution in [1.29, 1.82) is 0 Å². The smallest absolute Gasteiger partial charge is 0.0889 e. The van der Waals surface area contributed by atoms with Gasteiger partial charge in [0.25, 0.3) is 0 Å². The van der Waals surface area contributed by atoms with Crippen LogP contribution in [0.4, 0.5) is 5.69 Å². The van der Waals surface area contributed by atoms with Gasteiger partial charge < -0.3 is 14.8 Å². The zero-order valence-corrected chi connectivity index (χ0v) is 11.1. The van der Waals surface area contributed by atoms with Gasteiger partial charge in [0.05, 0.1) is 18.4 Å². The molecule has 1 aromatic carbocycles. The van der Waals surface area contributed by atoms with Gasteiger partial charge in [0.2, 0.25) is 0 Å². The van der Waals surface area contributed by atoms with Crippen LogP contribution < -0.4 is 4.90 Å². The highest BCUT2D eigenvalue weighted by Crippen LogP contribution is 2.30. The van der Waals surface area contributed by atoms with Crippen LogP contribution >= 0.6 is 0 Å². The van der Waals surface area contributed by atoms with Crippen molar-refractivity contribution < 1.29 is 9.94 Å². The Morgan fingerprint density at radius 3 is 2.95 bits per heavy atom. The first-order chi connectivity index (χ1) is 9.40. The minimum Gasteiger partial charge on any atom is -0.411 e. The third kappa shape index (κ3) is 2.45. The molecular formula is C15H20N2O2. The van der Waals surface area contributed by atoms with Gasteiger partial charge in [0, 0.05) is 24.4 Å². The molecule has 1 fully saturated rings. The Morgan fingerprint density at radius 2 is 2.16 bits per heavy atom. The molecule has 1 atom stereocenters. The van der Waals surface area contributed by atoms with Crippen molar-refractivity contribution in [3.63, 3.8) is 0 Å². The molecule has 0 aliphatic carbocycles.